The lowest BCUT2D eigenvalue weighted by molar-refractivity contribution is 0.0920. The zero-order chi connectivity index (χ0) is 16.4. The van der Waals surface area contributed by atoms with E-state index in [1.54, 1.807) is 18.2 Å². The van der Waals surface area contributed by atoms with Crippen LogP contribution in [0.25, 0.3) is 0 Å². The summed E-state index contributed by atoms with van der Waals surface area (Å²) in [6.45, 7) is 0.433. The molecule has 0 aromatic heterocycles. The van der Waals surface area contributed by atoms with Crippen LogP contribution in [0.3, 0.4) is 0 Å². The summed E-state index contributed by atoms with van der Waals surface area (Å²) in [5.74, 6) is -0.574. The van der Waals surface area contributed by atoms with Crippen molar-refractivity contribution in [3.8, 4) is 11.5 Å². The molecule has 1 unspecified atom stereocenters. The fourth-order valence-electron chi connectivity index (χ4n) is 2.62. The quantitative estimate of drug-likeness (QED) is 0.929. The lowest BCUT2D eigenvalue weighted by atomic mass is 10.00. The first kappa shape index (κ1) is 15.6. The summed E-state index contributed by atoms with van der Waals surface area (Å²) in [6, 6.07) is 9.54. The average Bonchev–Trinajstić information content (AvgIpc) is 2.56. The number of hydrogen-bond acceptors (Lipinski definition) is 3. The smallest absolute Gasteiger partial charge is 0.254 e. The summed E-state index contributed by atoms with van der Waals surface area (Å²) in [5, 5.41) is 3.33. The first-order valence-electron chi connectivity index (χ1n) is 7.16. The molecular formula is C17H15ClFNO3. The summed E-state index contributed by atoms with van der Waals surface area (Å²) in [5.41, 5.74) is 0.736. The Hall–Kier alpha value is -2.27. The monoisotopic (exact) mass is 335 g/mol. The van der Waals surface area contributed by atoms with Gasteiger partial charge in [-0.05, 0) is 18.2 Å². The molecule has 2 aromatic rings. The van der Waals surface area contributed by atoms with Crippen molar-refractivity contribution in [2.45, 2.75) is 12.5 Å². The van der Waals surface area contributed by atoms with E-state index in [1.807, 2.05) is 6.07 Å². The van der Waals surface area contributed by atoms with Gasteiger partial charge in [0.05, 0.1) is 30.3 Å². The summed E-state index contributed by atoms with van der Waals surface area (Å²) in [4.78, 5) is 12.4. The average molecular weight is 336 g/mol. The molecule has 3 rings (SSSR count). The molecular weight excluding hydrogens is 321 g/mol. The van der Waals surface area contributed by atoms with Gasteiger partial charge in [0.1, 0.15) is 5.75 Å². The molecule has 120 valence electrons. The van der Waals surface area contributed by atoms with Crippen molar-refractivity contribution in [1.82, 2.24) is 5.32 Å². The topological polar surface area (TPSA) is 47.6 Å². The molecule has 0 fully saturated rings. The largest absolute Gasteiger partial charge is 0.494 e. The van der Waals surface area contributed by atoms with Gasteiger partial charge >= 0.3 is 0 Å². The second kappa shape index (κ2) is 6.46. The van der Waals surface area contributed by atoms with Gasteiger partial charge in [0, 0.05) is 12.0 Å². The van der Waals surface area contributed by atoms with Crippen molar-refractivity contribution in [3.05, 3.63) is 58.4 Å². The minimum Gasteiger partial charge on any atom is -0.494 e. The highest BCUT2D eigenvalue weighted by molar-refractivity contribution is 6.32. The summed E-state index contributed by atoms with van der Waals surface area (Å²) < 4.78 is 24.7. The number of ether oxygens (including phenoxy) is 2. The summed E-state index contributed by atoms with van der Waals surface area (Å²) >= 11 is 6.11. The molecule has 1 amide bonds. The number of carbonyl (C=O) groups is 1. The highest BCUT2D eigenvalue weighted by Crippen LogP contribution is 2.37. The van der Waals surface area contributed by atoms with Crippen LogP contribution in [-0.2, 0) is 0 Å². The van der Waals surface area contributed by atoms with Crippen molar-refractivity contribution in [2.75, 3.05) is 13.7 Å². The molecule has 1 aliphatic rings. The van der Waals surface area contributed by atoms with Crippen molar-refractivity contribution < 1.29 is 18.7 Å². The Morgan fingerprint density at radius 2 is 2.13 bits per heavy atom. The first-order valence-corrected chi connectivity index (χ1v) is 7.54. The van der Waals surface area contributed by atoms with Gasteiger partial charge < -0.3 is 14.8 Å². The molecule has 1 N–H and O–H groups in total. The van der Waals surface area contributed by atoms with Gasteiger partial charge in [-0.25, -0.2) is 4.39 Å². The van der Waals surface area contributed by atoms with Crippen LogP contribution in [0.4, 0.5) is 4.39 Å². The van der Waals surface area contributed by atoms with Crippen molar-refractivity contribution in [3.63, 3.8) is 0 Å². The number of carbonyl (C=O) groups excluding carboxylic acids is 1. The molecule has 0 saturated heterocycles. The fourth-order valence-corrected chi connectivity index (χ4v) is 2.85. The lowest BCUT2D eigenvalue weighted by Crippen LogP contribution is -2.32. The third-order valence-electron chi connectivity index (χ3n) is 3.76. The van der Waals surface area contributed by atoms with E-state index in [1.165, 1.54) is 19.2 Å². The number of hydrogen-bond donors (Lipinski definition) is 1. The van der Waals surface area contributed by atoms with E-state index >= 15 is 0 Å². The maximum atomic E-state index is 14.2. The van der Waals surface area contributed by atoms with Gasteiger partial charge in [-0.2, -0.15) is 0 Å². The molecule has 2 aromatic carbocycles. The Kier molecular flexibility index (Phi) is 4.39. The zero-order valence-corrected chi connectivity index (χ0v) is 13.2. The maximum Gasteiger partial charge on any atom is 0.254 e. The predicted molar refractivity (Wildman–Crippen MR) is 84.7 cm³/mol. The number of methoxy groups -OCH3 is 1. The molecule has 0 aliphatic carbocycles. The van der Waals surface area contributed by atoms with Gasteiger partial charge in [-0.3, -0.25) is 4.79 Å². The van der Waals surface area contributed by atoms with Crippen LogP contribution in [0.2, 0.25) is 5.02 Å². The molecule has 1 aliphatic heterocycles. The van der Waals surface area contributed by atoms with Crippen LogP contribution in [0, 0.1) is 5.82 Å². The van der Waals surface area contributed by atoms with Crippen molar-refractivity contribution in [1.29, 1.82) is 0 Å². The number of nitrogens with one attached hydrogen (secondary N) is 1. The lowest BCUT2D eigenvalue weighted by Gasteiger charge is -2.27. The van der Waals surface area contributed by atoms with E-state index in [4.69, 9.17) is 21.1 Å². The SMILES string of the molecule is COc1cccc(C(=O)NC2CCOc3c(Cl)cccc32)c1F. The van der Waals surface area contributed by atoms with Crippen LogP contribution < -0.4 is 14.8 Å². The van der Waals surface area contributed by atoms with E-state index in [0.717, 1.165) is 5.56 Å². The Balaban J connectivity index is 1.87. The van der Waals surface area contributed by atoms with Gasteiger partial charge in [0.2, 0.25) is 0 Å². The standard InChI is InChI=1S/C17H15ClFNO3/c1-22-14-7-3-5-11(15(14)19)17(21)20-13-8-9-23-16-10(13)4-2-6-12(16)18/h2-7,13H,8-9H2,1H3,(H,20,21). The minimum atomic E-state index is -0.675. The van der Waals surface area contributed by atoms with E-state index < -0.39 is 11.7 Å². The van der Waals surface area contributed by atoms with Gasteiger partial charge in [-0.15, -0.1) is 0 Å². The number of benzene rings is 2. The fraction of sp³-hybridized carbons (Fsp3) is 0.235. The molecule has 0 bridgehead atoms. The Labute approximate surface area is 138 Å². The third kappa shape index (κ3) is 2.97. The summed E-state index contributed by atoms with van der Waals surface area (Å²) in [6.07, 6.45) is 0.588. The minimum absolute atomic E-state index is 0.0353. The molecule has 1 atom stereocenters. The van der Waals surface area contributed by atoms with Crippen LogP contribution in [-0.4, -0.2) is 19.6 Å². The van der Waals surface area contributed by atoms with Gasteiger partial charge in [0.15, 0.2) is 11.6 Å². The van der Waals surface area contributed by atoms with Crippen LogP contribution in [0.1, 0.15) is 28.4 Å². The van der Waals surface area contributed by atoms with Crippen molar-refractivity contribution >= 4 is 17.5 Å². The van der Waals surface area contributed by atoms with Crippen LogP contribution >= 0.6 is 11.6 Å². The molecule has 23 heavy (non-hydrogen) atoms. The molecule has 0 radical (unpaired) electrons. The highest BCUT2D eigenvalue weighted by Gasteiger charge is 2.26. The number of rotatable bonds is 3. The Morgan fingerprint density at radius 3 is 2.91 bits per heavy atom. The van der Waals surface area contributed by atoms with Crippen molar-refractivity contribution in [2.24, 2.45) is 0 Å². The molecule has 6 heteroatoms. The predicted octanol–water partition coefficient (Wildman–Crippen LogP) is 3.74. The number of halogens is 2. The van der Waals surface area contributed by atoms with E-state index in [9.17, 15) is 9.18 Å². The number of amides is 1. The van der Waals surface area contributed by atoms with Crippen LogP contribution in [0.15, 0.2) is 36.4 Å². The number of fused-ring (bicyclic) bond motifs is 1. The first-order chi connectivity index (χ1) is 11.1. The summed E-state index contributed by atoms with van der Waals surface area (Å²) in [7, 11) is 1.36. The van der Waals surface area contributed by atoms with E-state index in [-0.39, 0.29) is 17.4 Å². The Bertz CT molecular complexity index is 751. The third-order valence-corrected chi connectivity index (χ3v) is 4.06. The van der Waals surface area contributed by atoms with E-state index in [2.05, 4.69) is 5.32 Å². The molecule has 0 spiro atoms. The molecule has 1 heterocycles. The van der Waals surface area contributed by atoms with Gasteiger partial charge in [-0.1, -0.05) is 29.8 Å². The molecule has 4 nitrogen and oxygen atoms in total. The van der Waals surface area contributed by atoms with Crippen LogP contribution in [0.5, 0.6) is 11.5 Å². The Morgan fingerprint density at radius 1 is 1.35 bits per heavy atom. The van der Waals surface area contributed by atoms with Gasteiger partial charge in [0.25, 0.3) is 5.91 Å². The normalized spacial score (nSPS) is 16.2. The zero-order valence-electron chi connectivity index (χ0n) is 12.4. The second-order valence-electron chi connectivity index (χ2n) is 5.14. The second-order valence-corrected chi connectivity index (χ2v) is 5.55. The highest BCUT2D eigenvalue weighted by atomic mass is 35.5. The maximum absolute atomic E-state index is 14.2. The number of para-hydroxylation sites is 1. The van der Waals surface area contributed by atoms with E-state index in [0.29, 0.717) is 23.8 Å². The molecule has 0 saturated carbocycles.